The van der Waals surface area contributed by atoms with E-state index in [-0.39, 0.29) is 44.3 Å². The normalized spacial score (nSPS) is 15.6. The second kappa shape index (κ2) is 11.8. The van der Waals surface area contributed by atoms with Gasteiger partial charge >= 0.3 is 0 Å². The Balaban J connectivity index is -0.000000566. The maximum absolute atomic E-state index is 8.52. The van der Waals surface area contributed by atoms with Crippen LogP contribution in [0.3, 0.4) is 0 Å². The van der Waals surface area contributed by atoms with Crippen LogP contribution in [0.5, 0.6) is 0 Å². The SMILES string of the molecule is CC(C)(C)[N+](C(C)(C)C)(C(C)(C)C)C(C)(C)C.CC(C)(C)[N+](C(C)(C)C)(C(C)(C)C)C(C)(C)C.O=S(=O)([O-])[O-]. The van der Waals surface area contributed by atoms with Gasteiger partial charge in [0, 0.05) is 10.4 Å². The van der Waals surface area contributed by atoms with Gasteiger partial charge in [0.25, 0.3) is 0 Å². The van der Waals surface area contributed by atoms with Crippen molar-refractivity contribution in [2.75, 3.05) is 0 Å². The molecule has 0 N–H and O–H groups in total. The summed E-state index contributed by atoms with van der Waals surface area (Å²) < 4.78 is 36.3. The molecule has 0 aliphatic carbocycles. The van der Waals surface area contributed by atoms with Gasteiger partial charge in [-0.25, -0.2) is 0 Å². The molecule has 0 saturated heterocycles. The fourth-order valence-electron chi connectivity index (χ4n) is 12.1. The zero-order chi connectivity index (χ0) is 33.5. The van der Waals surface area contributed by atoms with Gasteiger partial charge in [-0.1, -0.05) is 0 Å². The summed E-state index contributed by atoms with van der Waals surface area (Å²) in [5.41, 5.74) is 1.62. The standard InChI is InChI=1S/2C16H36N.H2O4S/c2*1-13(2,3)17(14(4,5)6,15(7,8)9)16(10,11)12;1-5(2,3)4/h2*1-12H3;(H2,1,2,3,4)/q2*+1;/p-2. The Bertz CT molecular complexity index is 673. The van der Waals surface area contributed by atoms with E-state index in [9.17, 15) is 0 Å². The summed E-state index contributed by atoms with van der Waals surface area (Å²) >= 11 is 0. The molecule has 0 heterocycles. The van der Waals surface area contributed by atoms with Crippen molar-refractivity contribution in [3.05, 3.63) is 0 Å². The first-order chi connectivity index (χ1) is 16.0. The van der Waals surface area contributed by atoms with Crippen LogP contribution in [0.1, 0.15) is 166 Å². The Labute approximate surface area is 247 Å². The molecule has 39 heavy (non-hydrogen) atoms. The van der Waals surface area contributed by atoms with Crippen LogP contribution in [0.4, 0.5) is 0 Å². The third-order valence-corrected chi connectivity index (χ3v) is 8.05. The second-order valence-electron chi connectivity index (χ2n) is 19.1. The van der Waals surface area contributed by atoms with Gasteiger partial charge in [0.05, 0.1) is 44.3 Å². The highest BCUT2D eigenvalue weighted by atomic mass is 32.3. The lowest BCUT2D eigenvalue weighted by Gasteiger charge is -2.70. The maximum Gasteiger partial charge on any atom is 0.0918 e. The predicted molar refractivity (Wildman–Crippen MR) is 169 cm³/mol. The molecule has 0 atom stereocenters. The van der Waals surface area contributed by atoms with E-state index in [4.69, 9.17) is 17.5 Å². The second-order valence-corrected chi connectivity index (χ2v) is 19.9. The highest BCUT2D eigenvalue weighted by Crippen LogP contribution is 2.51. The van der Waals surface area contributed by atoms with Gasteiger partial charge in [-0.3, -0.25) is 8.42 Å². The van der Waals surface area contributed by atoms with E-state index >= 15 is 0 Å². The lowest BCUT2D eigenvalue weighted by Crippen LogP contribution is -2.82. The smallest absolute Gasteiger partial charge is 0.0918 e. The minimum Gasteiger partial charge on any atom is -0.759 e. The zero-order valence-electron chi connectivity index (χ0n) is 30.9. The summed E-state index contributed by atoms with van der Waals surface area (Å²) in [7, 11) is -5.17. The van der Waals surface area contributed by atoms with Gasteiger partial charge in [0.15, 0.2) is 0 Å². The molecular formula is C32H72N2O4S. The summed E-state index contributed by atoms with van der Waals surface area (Å²) in [5, 5.41) is 0. The average molecular weight is 581 g/mol. The zero-order valence-corrected chi connectivity index (χ0v) is 31.8. The van der Waals surface area contributed by atoms with Gasteiger partial charge in [0.1, 0.15) is 0 Å². The average Bonchev–Trinajstić information content (AvgIpc) is 2.30. The first-order valence-corrected chi connectivity index (χ1v) is 15.8. The third-order valence-electron chi connectivity index (χ3n) is 8.05. The molecule has 0 aliphatic rings. The Morgan fingerprint density at radius 2 is 0.359 bits per heavy atom. The minimum absolute atomic E-state index is 0.203. The molecule has 0 fully saturated rings. The van der Waals surface area contributed by atoms with Crippen molar-refractivity contribution in [3.8, 4) is 0 Å². The summed E-state index contributed by atoms with van der Waals surface area (Å²) in [6, 6.07) is 0. The van der Waals surface area contributed by atoms with Gasteiger partial charge in [0.2, 0.25) is 0 Å². The monoisotopic (exact) mass is 581 g/mol. The van der Waals surface area contributed by atoms with Crippen LogP contribution in [0.25, 0.3) is 0 Å². The van der Waals surface area contributed by atoms with Crippen molar-refractivity contribution in [2.45, 2.75) is 210 Å². The number of quaternary nitrogens is 2. The van der Waals surface area contributed by atoms with E-state index in [1.807, 2.05) is 0 Å². The van der Waals surface area contributed by atoms with E-state index in [0.29, 0.717) is 0 Å². The lowest BCUT2D eigenvalue weighted by atomic mass is 9.75. The fraction of sp³-hybridized carbons (Fsp3) is 1.00. The van der Waals surface area contributed by atoms with E-state index in [1.54, 1.807) is 0 Å². The molecule has 0 bridgehead atoms. The molecule has 0 aliphatic heterocycles. The molecule has 6 nitrogen and oxygen atoms in total. The van der Waals surface area contributed by atoms with Crippen LogP contribution in [-0.4, -0.2) is 70.8 Å². The van der Waals surface area contributed by atoms with E-state index in [1.165, 1.54) is 0 Å². The largest absolute Gasteiger partial charge is 0.759 e. The Kier molecular flexibility index (Phi) is 13.1. The first-order valence-electron chi connectivity index (χ1n) is 14.5. The third kappa shape index (κ3) is 9.39. The van der Waals surface area contributed by atoms with E-state index in [2.05, 4.69) is 166 Å². The number of hydrogen-bond acceptors (Lipinski definition) is 4. The van der Waals surface area contributed by atoms with Crippen molar-refractivity contribution in [2.24, 2.45) is 0 Å². The quantitative estimate of drug-likeness (QED) is 0.163. The Hall–Kier alpha value is -0.210. The lowest BCUT2D eigenvalue weighted by molar-refractivity contribution is -1.08. The molecule has 0 aromatic carbocycles. The van der Waals surface area contributed by atoms with Crippen molar-refractivity contribution >= 4 is 10.4 Å². The number of nitrogens with zero attached hydrogens (tertiary/aromatic N) is 2. The van der Waals surface area contributed by atoms with Crippen molar-refractivity contribution in [1.82, 2.24) is 0 Å². The van der Waals surface area contributed by atoms with Crippen LogP contribution in [0.2, 0.25) is 0 Å². The first kappa shape index (κ1) is 43.2. The molecule has 7 heteroatoms. The Morgan fingerprint density at radius 1 is 0.308 bits per heavy atom. The molecular weight excluding hydrogens is 508 g/mol. The molecule has 0 rings (SSSR count). The highest BCUT2D eigenvalue weighted by Gasteiger charge is 2.63. The number of hydrogen-bond donors (Lipinski definition) is 0. The van der Waals surface area contributed by atoms with E-state index in [0.717, 1.165) is 8.97 Å². The van der Waals surface area contributed by atoms with E-state index < -0.39 is 10.4 Å². The molecule has 0 aromatic heterocycles. The molecule has 0 amide bonds. The summed E-state index contributed by atoms with van der Waals surface area (Å²) in [6.45, 7) is 57.2. The summed E-state index contributed by atoms with van der Waals surface area (Å²) in [4.78, 5) is 0. The summed E-state index contributed by atoms with van der Waals surface area (Å²) in [5.74, 6) is 0. The molecule has 0 saturated carbocycles. The Morgan fingerprint density at radius 3 is 0.359 bits per heavy atom. The van der Waals surface area contributed by atoms with Crippen LogP contribution in [0, 0.1) is 0 Å². The summed E-state index contributed by atoms with van der Waals surface area (Å²) in [6.07, 6.45) is 0. The van der Waals surface area contributed by atoms with Crippen molar-refractivity contribution < 1.29 is 26.5 Å². The maximum atomic E-state index is 8.52. The van der Waals surface area contributed by atoms with Crippen LogP contribution < -0.4 is 0 Å². The van der Waals surface area contributed by atoms with Crippen LogP contribution in [0.15, 0.2) is 0 Å². The molecule has 0 spiro atoms. The van der Waals surface area contributed by atoms with Gasteiger partial charge in [-0.2, -0.15) is 0 Å². The van der Waals surface area contributed by atoms with Crippen molar-refractivity contribution in [3.63, 3.8) is 0 Å². The van der Waals surface area contributed by atoms with Crippen LogP contribution in [-0.2, 0) is 10.4 Å². The topological polar surface area (TPSA) is 80.3 Å². The minimum atomic E-state index is -5.17. The number of rotatable bonds is 0. The molecule has 240 valence electrons. The highest BCUT2D eigenvalue weighted by molar-refractivity contribution is 7.79. The van der Waals surface area contributed by atoms with Gasteiger partial charge < -0.3 is 18.1 Å². The van der Waals surface area contributed by atoms with Gasteiger partial charge in [-0.05, 0) is 166 Å². The molecule has 0 radical (unpaired) electrons. The fourth-order valence-corrected chi connectivity index (χ4v) is 12.1. The van der Waals surface area contributed by atoms with Gasteiger partial charge in [-0.15, -0.1) is 0 Å². The van der Waals surface area contributed by atoms with Crippen molar-refractivity contribution in [1.29, 1.82) is 0 Å². The molecule has 0 unspecified atom stereocenters. The predicted octanol–water partition coefficient (Wildman–Crippen LogP) is 8.66. The molecule has 0 aromatic rings. The van der Waals surface area contributed by atoms with Crippen LogP contribution >= 0.6 is 0 Å².